The average Bonchev–Trinajstić information content (AvgIpc) is 2.81. The molecule has 0 bridgehead atoms. The van der Waals surface area contributed by atoms with Crippen molar-refractivity contribution in [3.8, 4) is 0 Å². The zero-order chi connectivity index (χ0) is 11.9. The first-order valence-corrected chi connectivity index (χ1v) is 5.85. The number of nitrogens with zero attached hydrogens (tertiary/aromatic N) is 3. The minimum atomic E-state index is -0.898. The molecule has 2 heterocycles. The second kappa shape index (κ2) is 3.95. The number of carbonyl (C=O) groups excluding carboxylic acids is 1. The summed E-state index contributed by atoms with van der Waals surface area (Å²) in [4.78, 5) is 17.4. The van der Waals surface area contributed by atoms with Crippen molar-refractivity contribution in [1.29, 1.82) is 0 Å². The van der Waals surface area contributed by atoms with E-state index in [1.54, 1.807) is 13.8 Å². The third kappa shape index (κ3) is 1.54. The lowest BCUT2D eigenvalue weighted by atomic mass is 10.2. The molecule has 1 N–H and O–H groups in total. The highest BCUT2D eigenvalue weighted by Gasteiger charge is 2.36. The van der Waals surface area contributed by atoms with Crippen LogP contribution < -0.4 is 4.90 Å². The largest absolute Gasteiger partial charge is 0.369 e. The Labute approximate surface area is 97.6 Å². The number of anilines is 1. The van der Waals surface area contributed by atoms with Gasteiger partial charge in [0.1, 0.15) is 5.82 Å². The molecule has 0 fully saturated rings. The van der Waals surface area contributed by atoms with Gasteiger partial charge >= 0.3 is 0 Å². The first-order chi connectivity index (χ1) is 7.56. The Balaban J connectivity index is 2.34. The van der Waals surface area contributed by atoms with Gasteiger partial charge in [0.25, 0.3) is 5.91 Å². The molecule has 0 radical (unpaired) electrons. The molecule has 1 aromatic heterocycles. The second-order valence-electron chi connectivity index (χ2n) is 3.70. The molecule has 0 aromatic carbocycles. The molecule has 0 saturated heterocycles. The molecule has 0 aliphatic carbocycles. The molecule has 1 amide bonds. The fourth-order valence-electron chi connectivity index (χ4n) is 1.53. The summed E-state index contributed by atoms with van der Waals surface area (Å²) in [6.07, 6.45) is -0.176. The number of amides is 1. The molecule has 1 aliphatic heterocycles. The van der Waals surface area contributed by atoms with Gasteiger partial charge in [0.2, 0.25) is 5.13 Å². The van der Waals surface area contributed by atoms with Gasteiger partial charge in [0, 0.05) is 23.5 Å². The highest BCUT2D eigenvalue weighted by molar-refractivity contribution is 7.10. The van der Waals surface area contributed by atoms with Gasteiger partial charge in [-0.15, -0.1) is 0 Å². The number of aromatic nitrogens is 2. The zero-order valence-corrected chi connectivity index (χ0v) is 10.2. The summed E-state index contributed by atoms with van der Waals surface area (Å²) in [5.41, 5.74) is 1.26. The van der Waals surface area contributed by atoms with Crippen molar-refractivity contribution in [2.45, 2.75) is 33.4 Å². The summed E-state index contributed by atoms with van der Waals surface area (Å²) in [7, 11) is 0. The molecule has 1 unspecified atom stereocenters. The van der Waals surface area contributed by atoms with Gasteiger partial charge < -0.3 is 5.11 Å². The molecule has 1 atom stereocenters. The van der Waals surface area contributed by atoms with Crippen molar-refractivity contribution in [2.75, 3.05) is 4.90 Å². The minimum Gasteiger partial charge on any atom is -0.369 e. The summed E-state index contributed by atoms with van der Waals surface area (Å²) in [6, 6.07) is 0. The van der Waals surface area contributed by atoms with E-state index >= 15 is 0 Å². The van der Waals surface area contributed by atoms with Crippen LogP contribution in [0.5, 0.6) is 0 Å². The molecule has 1 aromatic rings. The quantitative estimate of drug-likeness (QED) is 0.839. The average molecular weight is 239 g/mol. The van der Waals surface area contributed by atoms with Crippen LogP contribution in [0.25, 0.3) is 0 Å². The number of hydrogen-bond donors (Lipinski definition) is 1. The summed E-state index contributed by atoms with van der Waals surface area (Å²) < 4.78 is 4.11. The van der Waals surface area contributed by atoms with Crippen LogP contribution in [-0.2, 0) is 11.2 Å². The van der Waals surface area contributed by atoms with Crippen LogP contribution in [0.15, 0.2) is 11.1 Å². The predicted molar refractivity (Wildman–Crippen MR) is 61.2 cm³/mol. The predicted octanol–water partition coefficient (Wildman–Crippen LogP) is 1.10. The van der Waals surface area contributed by atoms with Crippen LogP contribution in [0.2, 0.25) is 0 Å². The monoisotopic (exact) mass is 239 g/mol. The van der Waals surface area contributed by atoms with Crippen LogP contribution in [0, 0.1) is 0 Å². The maximum absolute atomic E-state index is 11.9. The summed E-state index contributed by atoms with van der Waals surface area (Å²) in [5, 5.41) is 10.4. The maximum atomic E-state index is 11.9. The molecule has 1 aliphatic rings. The summed E-state index contributed by atoms with van der Waals surface area (Å²) in [6.45, 7) is 5.41. The highest BCUT2D eigenvalue weighted by atomic mass is 32.1. The Morgan fingerprint density at radius 3 is 2.62 bits per heavy atom. The fraction of sp³-hybridized carbons (Fsp3) is 0.500. The van der Waals surface area contributed by atoms with Crippen LogP contribution >= 0.6 is 11.5 Å². The molecule has 6 heteroatoms. The molecular weight excluding hydrogens is 226 g/mol. The number of aliphatic hydroxyl groups excluding tert-OH is 1. The molecule has 0 spiro atoms. The Bertz CT molecular complexity index is 466. The number of carbonyl (C=O) groups is 1. The third-order valence-corrected chi connectivity index (χ3v) is 3.50. The SMILES string of the molecule is CCc1nsc(N2C(=O)C(C)=C(C)C2O)n1. The lowest BCUT2D eigenvalue weighted by molar-refractivity contribution is -0.115. The van der Waals surface area contributed by atoms with Crippen molar-refractivity contribution in [1.82, 2.24) is 9.36 Å². The van der Waals surface area contributed by atoms with E-state index in [1.807, 2.05) is 6.92 Å². The fourth-order valence-corrected chi connectivity index (χ4v) is 2.30. The van der Waals surface area contributed by atoms with Gasteiger partial charge in [0.05, 0.1) is 0 Å². The van der Waals surface area contributed by atoms with E-state index in [0.717, 1.165) is 18.0 Å². The zero-order valence-electron chi connectivity index (χ0n) is 9.39. The molecule has 5 nitrogen and oxygen atoms in total. The van der Waals surface area contributed by atoms with Gasteiger partial charge in [0.15, 0.2) is 6.23 Å². The number of rotatable bonds is 2. The van der Waals surface area contributed by atoms with E-state index in [9.17, 15) is 9.90 Å². The van der Waals surface area contributed by atoms with Crippen LogP contribution in [0.1, 0.15) is 26.6 Å². The number of aryl methyl sites for hydroxylation is 1. The highest BCUT2D eigenvalue weighted by Crippen LogP contribution is 2.30. The van der Waals surface area contributed by atoms with Crippen molar-refractivity contribution >= 4 is 22.6 Å². The van der Waals surface area contributed by atoms with Gasteiger partial charge in [-0.2, -0.15) is 4.37 Å². The smallest absolute Gasteiger partial charge is 0.258 e. The van der Waals surface area contributed by atoms with Crippen LogP contribution in [0.3, 0.4) is 0 Å². The normalized spacial score (nSPS) is 21.1. The van der Waals surface area contributed by atoms with Crippen LogP contribution in [-0.4, -0.2) is 26.6 Å². The lowest BCUT2D eigenvalue weighted by Crippen LogP contribution is -2.35. The maximum Gasteiger partial charge on any atom is 0.258 e. The van der Waals surface area contributed by atoms with Crippen molar-refractivity contribution < 1.29 is 9.90 Å². The summed E-state index contributed by atoms with van der Waals surface area (Å²) in [5.74, 6) is 0.506. The van der Waals surface area contributed by atoms with E-state index in [2.05, 4.69) is 9.36 Å². The Morgan fingerprint density at radius 2 is 2.19 bits per heavy atom. The van der Waals surface area contributed by atoms with Gasteiger partial charge in [-0.05, 0) is 19.4 Å². The molecular formula is C10H13N3O2S. The first-order valence-electron chi connectivity index (χ1n) is 5.07. The van der Waals surface area contributed by atoms with E-state index in [1.165, 1.54) is 4.90 Å². The topological polar surface area (TPSA) is 66.3 Å². The van der Waals surface area contributed by atoms with Crippen molar-refractivity contribution in [3.63, 3.8) is 0 Å². The van der Waals surface area contributed by atoms with Crippen molar-refractivity contribution in [2.24, 2.45) is 0 Å². The van der Waals surface area contributed by atoms with Crippen molar-refractivity contribution in [3.05, 3.63) is 17.0 Å². The van der Waals surface area contributed by atoms with Gasteiger partial charge in [-0.3, -0.25) is 9.69 Å². The standard InChI is InChI=1S/C10H13N3O2S/c1-4-7-11-10(16-12-7)13-8(14)5(2)6(3)9(13)15/h8,14H,4H2,1-3H3. The number of aliphatic hydroxyl groups is 1. The molecule has 2 rings (SSSR count). The lowest BCUT2D eigenvalue weighted by Gasteiger charge is -2.17. The van der Waals surface area contributed by atoms with Gasteiger partial charge in [-0.1, -0.05) is 6.92 Å². The summed E-state index contributed by atoms with van der Waals surface area (Å²) >= 11 is 1.14. The second-order valence-corrected chi connectivity index (χ2v) is 4.43. The van der Waals surface area contributed by atoms with E-state index in [-0.39, 0.29) is 5.91 Å². The molecule has 0 saturated carbocycles. The van der Waals surface area contributed by atoms with E-state index in [4.69, 9.17) is 0 Å². The Morgan fingerprint density at radius 1 is 1.50 bits per heavy atom. The van der Waals surface area contributed by atoms with Gasteiger partial charge in [-0.25, -0.2) is 4.98 Å². The Kier molecular flexibility index (Phi) is 2.77. The number of hydrogen-bond acceptors (Lipinski definition) is 5. The minimum absolute atomic E-state index is 0.191. The van der Waals surface area contributed by atoms with E-state index < -0.39 is 6.23 Å². The Hall–Kier alpha value is -1.27. The molecule has 16 heavy (non-hydrogen) atoms. The molecule has 86 valence electrons. The first kappa shape index (κ1) is 11.2. The van der Waals surface area contributed by atoms with Crippen LogP contribution in [0.4, 0.5) is 5.13 Å². The van der Waals surface area contributed by atoms with E-state index in [0.29, 0.717) is 22.1 Å². The third-order valence-electron chi connectivity index (χ3n) is 2.74.